The number of esters is 1. The second-order valence-electron chi connectivity index (χ2n) is 6.41. The van der Waals surface area contributed by atoms with Gasteiger partial charge in [-0.15, -0.1) is 0 Å². The van der Waals surface area contributed by atoms with Crippen LogP contribution in [0.5, 0.6) is 0 Å². The molecule has 3 rings (SSSR count). The minimum absolute atomic E-state index is 0.174. The van der Waals surface area contributed by atoms with Gasteiger partial charge in [0.1, 0.15) is 5.56 Å². The highest BCUT2D eigenvalue weighted by Gasteiger charge is 2.23. The van der Waals surface area contributed by atoms with Crippen LogP contribution < -0.4 is 5.32 Å². The van der Waals surface area contributed by atoms with E-state index in [2.05, 4.69) is 26.3 Å². The topological polar surface area (TPSA) is 86.1 Å². The Morgan fingerprint density at radius 1 is 1.29 bits per heavy atom. The van der Waals surface area contributed by atoms with Crippen molar-refractivity contribution in [1.29, 1.82) is 0 Å². The van der Waals surface area contributed by atoms with Gasteiger partial charge in [0.05, 0.1) is 23.1 Å². The number of ether oxygens (including phenoxy) is 1. The van der Waals surface area contributed by atoms with Crippen LogP contribution in [0.15, 0.2) is 30.5 Å². The first kappa shape index (κ1) is 20.0. The number of hydrogen-bond acceptors (Lipinski definition) is 5. The molecule has 0 spiro atoms. The molecule has 2 aromatic heterocycles. The lowest BCUT2D eigenvalue weighted by Crippen LogP contribution is -2.23. The van der Waals surface area contributed by atoms with Crippen molar-refractivity contribution < 1.29 is 14.3 Å². The van der Waals surface area contributed by atoms with Gasteiger partial charge in [-0.3, -0.25) is 4.79 Å². The largest absolute Gasteiger partial charge is 0.462 e. The van der Waals surface area contributed by atoms with E-state index in [0.29, 0.717) is 5.82 Å². The fraction of sp³-hybridized carbons (Fsp3) is 0.300. The summed E-state index contributed by atoms with van der Waals surface area (Å²) in [6.07, 6.45) is 1.38. The number of aromatic nitrogens is 3. The van der Waals surface area contributed by atoms with Gasteiger partial charge >= 0.3 is 5.97 Å². The Balaban J connectivity index is 2.18. The van der Waals surface area contributed by atoms with Crippen LogP contribution in [0.3, 0.4) is 0 Å². The van der Waals surface area contributed by atoms with Gasteiger partial charge in [0.2, 0.25) is 5.91 Å². The van der Waals surface area contributed by atoms with Gasteiger partial charge in [-0.1, -0.05) is 34.1 Å². The predicted octanol–water partition coefficient (Wildman–Crippen LogP) is 3.94. The number of rotatable bonds is 5. The fourth-order valence-electron chi connectivity index (χ4n) is 2.87. The average Bonchev–Trinajstić information content (AvgIpc) is 3.06. The number of fused-ring (bicyclic) bond motifs is 1. The number of carbonyl (C=O) groups excluding carboxylic acids is 2. The maximum Gasteiger partial charge on any atom is 0.343 e. The normalized spacial score (nSPS) is 12.0. The van der Waals surface area contributed by atoms with E-state index in [1.807, 2.05) is 38.1 Å². The molecule has 0 saturated carbocycles. The Bertz CT molecular complexity index is 1060. The Kier molecular flexibility index (Phi) is 5.79. The lowest BCUT2D eigenvalue weighted by atomic mass is 10.1. The minimum Gasteiger partial charge on any atom is -0.462 e. The van der Waals surface area contributed by atoms with Gasteiger partial charge in [-0.2, -0.15) is 9.78 Å². The zero-order chi connectivity index (χ0) is 20.4. The number of pyridine rings is 1. The smallest absolute Gasteiger partial charge is 0.343 e. The van der Waals surface area contributed by atoms with E-state index < -0.39 is 10.8 Å². The number of nitrogens with zero attached hydrogens (tertiary/aromatic N) is 3. The summed E-state index contributed by atoms with van der Waals surface area (Å²) in [5.74, 6) is -0.122. The fourth-order valence-corrected chi connectivity index (χ4v) is 2.98. The van der Waals surface area contributed by atoms with Crippen LogP contribution in [-0.2, 0) is 9.53 Å². The summed E-state index contributed by atoms with van der Waals surface area (Å²) in [5, 5.41) is 8.10. The molecule has 0 aliphatic rings. The third kappa shape index (κ3) is 3.77. The lowest BCUT2D eigenvalue weighted by Gasteiger charge is -2.13. The van der Waals surface area contributed by atoms with Crippen molar-refractivity contribution >= 4 is 44.5 Å². The van der Waals surface area contributed by atoms with Crippen molar-refractivity contribution in [2.75, 3.05) is 11.9 Å². The highest BCUT2D eigenvalue weighted by atomic mass is 79.9. The van der Waals surface area contributed by atoms with E-state index in [1.165, 1.54) is 10.9 Å². The standard InChI is InChI=1S/C20H21BrN4O3/c1-5-28-20(27)15-10-22-25(18(15)24-19(26)13(4)21)16-9-12(3)14-8-6-7-11(2)17(14)23-16/h6-10,13H,5H2,1-4H3,(H,24,26). The van der Waals surface area contributed by atoms with E-state index in [4.69, 9.17) is 9.72 Å². The Morgan fingerprint density at radius 3 is 2.71 bits per heavy atom. The van der Waals surface area contributed by atoms with E-state index >= 15 is 0 Å². The monoisotopic (exact) mass is 444 g/mol. The summed E-state index contributed by atoms with van der Waals surface area (Å²) in [5.41, 5.74) is 3.06. The molecule has 28 heavy (non-hydrogen) atoms. The van der Waals surface area contributed by atoms with Crippen LogP contribution >= 0.6 is 15.9 Å². The van der Waals surface area contributed by atoms with Gasteiger partial charge in [0, 0.05) is 5.39 Å². The first-order chi connectivity index (χ1) is 13.3. The predicted molar refractivity (Wildman–Crippen MR) is 111 cm³/mol. The SMILES string of the molecule is CCOC(=O)c1cnn(-c2cc(C)c3cccc(C)c3n2)c1NC(=O)C(C)Br. The van der Waals surface area contributed by atoms with Crippen LogP contribution in [0.1, 0.15) is 35.3 Å². The quantitative estimate of drug-likeness (QED) is 0.475. The van der Waals surface area contributed by atoms with E-state index in [1.54, 1.807) is 13.8 Å². The molecule has 1 unspecified atom stereocenters. The van der Waals surface area contributed by atoms with Gasteiger partial charge < -0.3 is 10.1 Å². The molecule has 1 atom stereocenters. The van der Waals surface area contributed by atoms with Crippen LogP contribution in [-0.4, -0.2) is 38.1 Å². The second-order valence-corrected chi connectivity index (χ2v) is 7.79. The third-order valence-corrected chi connectivity index (χ3v) is 4.73. The van der Waals surface area contributed by atoms with E-state index in [9.17, 15) is 9.59 Å². The molecular formula is C20H21BrN4O3. The Hall–Kier alpha value is -2.74. The number of alkyl halides is 1. The molecule has 146 valence electrons. The van der Waals surface area contributed by atoms with Gasteiger partial charge in [0.25, 0.3) is 0 Å². The molecule has 0 radical (unpaired) electrons. The number of benzene rings is 1. The first-order valence-corrected chi connectivity index (χ1v) is 9.82. The second kappa shape index (κ2) is 8.10. The Morgan fingerprint density at radius 2 is 2.04 bits per heavy atom. The maximum atomic E-state index is 12.3. The third-order valence-electron chi connectivity index (χ3n) is 4.32. The molecule has 2 heterocycles. The number of anilines is 1. The number of halogens is 1. The van der Waals surface area contributed by atoms with Crippen LogP contribution in [0.4, 0.5) is 5.82 Å². The molecule has 7 nitrogen and oxygen atoms in total. The number of aryl methyl sites for hydroxylation is 2. The van der Waals surface area contributed by atoms with E-state index in [-0.39, 0.29) is 23.9 Å². The zero-order valence-electron chi connectivity index (χ0n) is 16.1. The summed E-state index contributed by atoms with van der Waals surface area (Å²) < 4.78 is 6.55. The molecule has 8 heteroatoms. The zero-order valence-corrected chi connectivity index (χ0v) is 17.7. The molecular weight excluding hydrogens is 424 g/mol. The average molecular weight is 445 g/mol. The molecule has 0 fully saturated rings. The van der Waals surface area contributed by atoms with Crippen molar-refractivity contribution in [3.05, 3.63) is 47.2 Å². The number of amides is 1. The van der Waals surface area contributed by atoms with Crippen LogP contribution in [0.2, 0.25) is 0 Å². The van der Waals surface area contributed by atoms with Crippen molar-refractivity contribution in [2.24, 2.45) is 0 Å². The summed E-state index contributed by atoms with van der Waals surface area (Å²) in [6, 6.07) is 7.86. The molecule has 0 aliphatic carbocycles. The van der Waals surface area contributed by atoms with Crippen molar-refractivity contribution in [1.82, 2.24) is 14.8 Å². The molecule has 1 aromatic carbocycles. The summed E-state index contributed by atoms with van der Waals surface area (Å²) in [6.45, 7) is 7.61. The van der Waals surface area contributed by atoms with Gasteiger partial charge in [-0.05, 0) is 44.9 Å². The summed E-state index contributed by atoms with van der Waals surface area (Å²) in [4.78, 5) is 28.9. The van der Waals surface area contributed by atoms with Crippen molar-refractivity contribution in [3.8, 4) is 5.82 Å². The van der Waals surface area contributed by atoms with Crippen LogP contribution in [0, 0.1) is 13.8 Å². The van der Waals surface area contributed by atoms with Gasteiger partial charge in [0.15, 0.2) is 11.6 Å². The maximum absolute atomic E-state index is 12.3. The molecule has 0 bridgehead atoms. The van der Waals surface area contributed by atoms with Crippen molar-refractivity contribution in [2.45, 2.75) is 32.5 Å². The van der Waals surface area contributed by atoms with E-state index in [0.717, 1.165) is 22.0 Å². The number of para-hydroxylation sites is 1. The molecule has 3 aromatic rings. The van der Waals surface area contributed by atoms with Gasteiger partial charge in [-0.25, -0.2) is 9.78 Å². The highest BCUT2D eigenvalue weighted by Crippen LogP contribution is 2.26. The first-order valence-electron chi connectivity index (χ1n) is 8.91. The number of hydrogen-bond donors (Lipinski definition) is 1. The summed E-state index contributed by atoms with van der Waals surface area (Å²) >= 11 is 3.24. The summed E-state index contributed by atoms with van der Waals surface area (Å²) in [7, 11) is 0. The molecule has 0 saturated heterocycles. The van der Waals surface area contributed by atoms with Crippen molar-refractivity contribution in [3.63, 3.8) is 0 Å². The molecule has 1 N–H and O–H groups in total. The highest BCUT2D eigenvalue weighted by molar-refractivity contribution is 9.10. The molecule has 0 aliphatic heterocycles. The van der Waals surface area contributed by atoms with Crippen LogP contribution in [0.25, 0.3) is 16.7 Å². The lowest BCUT2D eigenvalue weighted by molar-refractivity contribution is -0.115. The Labute approximate surface area is 171 Å². The molecule has 1 amide bonds. The minimum atomic E-state index is -0.556. The number of carbonyl (C=O) groups is 2. The number of nitrogens with one attached hydrogen (secondary N) is 1.